The maximum absolute atomic E-state index is 11.5. The predicted molar refractivity (Wildman–Crippen MR) is 81.5 cm³/mol. The quantitative estimate of drug-likeness (QED) is 0.895. The van der Waals surface area contributed by atoms with E-state index in [0.717, 1.165) is 5.82 Å². The first-order valence-corrected chi connectivity index (χ1v) is 7.09. The highest BCUT2D eigenvalue weighted by Crippen LogP contribution is 2.29. The van der Waals surface area contributed by atoms with Crippen LogP contribution in [-0.2, 0) is 0 Å². The Balaban J connectivity index is 1.86. The Labute approximate surface area is 122 Å². The fourth-order valence-corrected chi connectivity index (χ4v) is 2.11. The van der Waals surface area contributed by atoms with Gasteiger partial charge in [0.25, 0.3) is 0 Å². The molecule has 110 valence electrons. The zero-order valence-electron chi connectivity index (χ0n) is 12.1. The summed E-state index contributed by atoms with van der Waals surface area (Å²) in [6.45, 7) is 2.41. The molecule has 1 aliphatic rings. The molecular weight excluding hydrogens is 268 g/mol. The first kappa shape index (κ1) is 13.5. The van der Waals surface area contributed by atoms with E-state index in [9.17, 15) is 4.79 Å². The molecule has 7 heteroatoms. The Bertz CT molecular complexity index is 670. The first-order valence-electron chi connectivity index (χ1n) is 7.09. The minimum absolute atomic E-state index is 0.294. The van der Waals surface area contributed by atoms with Crippen LogP contribution in [0.5, 0.6) is 0 Å². The third-order valence-corrected chi connectivity index (χ3v) is 3.43. The van der Waals surface area contributed by atoms with Gasteiger partial charge in [0.2, 0.25) is 0 Å². The topological polar surface area (TPSA) is 83.0 Å². The number of fused-ring (bicyclic) bond motifs is 1. The van der Waals surface area contributed by atoms with E-state index >= 15 is 0 Å². The molecule has 0 bridgehead atoms. The van der Waals surface area contributed by atoms with Crippen LogP contribution >= 0.6 is 0 Å². The second-order valence-electron chi connectivity index (χ2n) is 5.09. The summed E-state index contributed by atoms with van der Waals surface area (Å²) in [5, 5.41) is 5.29. The molecule has 0 atom stereocenters. The van der Waals surface area contributed by atoms with Crippen molar-refractivity contribution >= 4 is 28.8 Å². The number of hydrogen-bond acceptors (Lipinski definition) is 5. The lowest BCUT2D eigenvalue weighted by atomic mass is 10.3. The normalized spacial score (nSPS) is 14.0. The third kappa shape index (κ3) is 3.01. The van der Waals surface area contributed by atoms with Gasteiger partial charge in [0.1, 0.15) is 11.3 Å². The highest BCUT2D eigenvalue weighted by molar-refractivity contribution is 5.89. The Hall–Kier alpha value is -2.44. The first-order chi connectivity index (χ1) is 10.2. The summed E-state index contributed by atoms with van der Waals surface area (Å²) >= 11 is 0. The Morgan fingerprint density at radius 2 is 2.19 bits per heavy atom. The Kier molecular flexibility index (Phi) is 3.55. The summed E-state index contributed by atoms with van der Waals surface area (Å²) in [5.41, 5.74) is 1.25. The van der Waals surface area contributed by atoms with Gasteiger partial charge in [0, 0.05) is 19.6 Å². The number of urea groups is 1. The predicted octanol–water partition coefficient (Wildman–Crippen LogP) is 1.76. The van der Waals surface area contributed by atoms with Gasteiger partial charge in [-0.05, 0) is 31.9 Å². The molecular formula is C14H18N6O. The highest BCUT2D eigenvalue weighted by atomic mass is 16.2. The lowest BCUT2D eigenvalue weighted by molar-refractivity contribution is 0.252. The summed E-state index contributed by atoms with van der Waals surface area (Å²) in [6, 6.07) is 4.14. The Morgan fingerprint density at radius 1 is 1.38 bits per heavy atom. The van der Waals surface area contributed by atoms with Gasteiger partial charge in [0.15, 0.2) is 11.5 Å². The maximum Gasteiger partial charge on any atom is 0.320 e. The number of amides is 2. The SMILES string of the molecule is CCNC(=O)Nc1cnc2ccc(N(C)C3CC3)nc2n1. The smallest absolute Gasteiger partial charge is 0.320 e. The van der Waals surface area contributed by atoms with E-state index in [1.807, 2.05) is 26.1 Å². The molecule has 2 aromatic rings. The molecule has 0 radical (unpaired) electrons. The molecule has 1 fully saturated rings. The number of carbonyl (C=O) groups is 1. The number of nitrogens with one attached hydrogen (secondary N) is 2. The Morgan fingerprint density at radius 3 is 2.90 bits per heavy atom. The van der Waals surface area contributed by atoms with Crippen LogP contribution in [0.2, 0.25) is 0 Å². The maximum atomic E-state index is 11.5. The van der Waals surface area contributed by atoms with Gasteiger partial charge in [-0.25, -0.2) is 19.7 Å². The number of pyridine rings is 1. The van der Waals surface area contributed by atoms with Gasteiger partial charge in [-0.2, -0.15) is 0 Å². The van der Waals surface area contributed by atoms with Gasteiger partial charge in [-0.3, -0.25) is 5.32 Å². The molecule has 0 spiro atoms. The zero-order chi connectivity index (χ0) is 14.8. The van der Waals surface area contributed by atoms with Gasteiger partial charge < -0.3 is 10.2 Å². The van der Waals surface area contributed by atoms with Crippen molar-refractivity contribution in [3.63, 3.8) is 0 Å². The second-order valence-corrected chi connectivity index (χ2v) is 5.09. The minimum Gasteiger partial charge on any atom is -0.357 e. The van der Waals surface area contributed by atoms with Crippen molar-refractivity contribution in [2.75, 3.05) is 23.8 Å². The van der Waals surface area contributed by atoms with E-state index in [1.54, 1.807) is 0 Å². The molecule has 0 aromatic carbocycles. The molecule has 0 unspecified atom stereocenters. The molecule has 0 saturated heterocycles. The van der Waals surface area contributed by atoms with Crippen molar-refractivity contribution < 1.29 is 4.79 Å². The summed E-state index contributed by atoms with van der Waals surface area (Å²) in [5.74, 6) is 1.28. The van der Waals surface area contributed by atoms with E-state index < -0.39 is 0 Å². The number of aromatic nitrogens is 3. The minimum atomic E-state index is -0.294. The van der Waals surface area contributed by atoms with Crippen molar-refractivity contribution in [1.29, 1.82) is 0 Å². The van der Waals surface area contributed by atoms with Crippen LogP contribution in [-0.4, -0.2) is 40.6 Å². The van der Waals surface area contributed by atoms with Gasteiger partial charge in [-0.1, -0.05) is 0 Å². The molecule has 1 saturated carbocycles. The largest absolute Gasteiger partial charge is 0.357 e. The van der Waals surface area contributed by atoms with Crippen molar-refractivity contribution in [1.82, 2.24) is 20.3 Å². The van der Waals surface area contributed by atoms with Crippen LogP contribution in [0.15, 0.2) is 18.3 Å². The molecule has 21 heavy (non-hydrogen) atoms. The molecule has 2 N–H and O–H groups in total. The van der Waals surface area contributed by atoms with Crippen molar-refractivity contribution in [3.05, 3.63) is 18.3 Å². The van der Waals surface area contributed by atoms with Crippen LogP contribution in [0.25, 0.3) is 11.2 Å². The van der Waals surface area contributed by atoms with Crippen molar-refractivity contribution in [2.45, 2.75) is 25.8 Å². The fraction of sp³-hybridized carbons (Fsp3) is 0.429. The number of anilines is 2. The van der Waals surface area contributed by atoms with E-state index in [0.29, 0.717) is 29.6 Å². The molecule has 2 heterocycles. The summed E-state index contributed by atoms with van der Waals surface area (Å²) in [7, 11) is 2.04. The molecule has 1 aliphatic carbocycles. The van der Waals surface area contributed by atoms with E-state index in [1.165, 1.54) is 19.0 Å². The molecule has 2 aromatic heterocycles. The average Bonchev–Trinajstić information content (AvgIpc) is 3.30. The monoisotopic (exact) mass is 286 g/mol. The van der Waals surface area contributed by atoms with E-state index in [2.05, 4.69) is 30.5 Å². The fourth-order valence-electron chi connectivity index (χ4n) is 2.11. The number of nitrogens with zero attached hydrogens (tertiary/aromatic N) is 4. The number of carbonyl (C=O) groups excluding carboxylic acids is 1. The van der Waals surface area contributed by atoms with Crippen LogP contribution < -0.4 is 15.5 Å². The van der Waals surface area contributed by atoms with Crippen LogP contribution in [0.4, 0.5) is 16.4 Å². The number of hydrogen-bond donors (Lipinski definition) is 2. The average molecular weight is 286 g/mol. The molecule has 2 amide bonds. The van der Waals surface area contributed by atoms with Gasteiger partial charge in [-0.15, -0.1) is 0 Å². The summed E-state index contributed by atoms with van der Waals surface area (Å²) < 4.78 is 0. The van der Waals surface area contributed by atoms with E-state index in [4.69, 9.17) is 0 Å². The molecule has 3 rings (SSSR count). The van der Waals surface area contributed by atoms with Crippen LogP contribution in [0.1, 0.15) is 19.8 Å². The van der Waals surface area contributed by atoms with E-state index in [-0.39, 0.29) is 6.03 Å². The number of rotatable bonds is 4. The van der Waals surface area contributed by atoms with Gasteiger partial charge >= 0.3 is 6.03 Å². The second kappa shape index (κ2) is 5.51. The van der Waals surface area contributed by atoms with Gasteiger partial charge in [0.05, 0.1) is 6.20 Å². The third-order valence-electron chi connectivity index (χ3n) is 3.43. The summed E-state index contributed by atoms with van der Waals surface area (Å²) in [6.07, 6.45) is 3.95. The molecule has 0 aliphatic heterocycles. The van der Waals surface area contributed by atoms with Crippen molar-refractivity contribution in [2.24, 2.45) is 0 Å². The van der Waals surface area contributed by atoms with Crippen LogP contribution in [0.3, 0.4) is 0 Å². The van der Waals surface area contributed by atoms with Crippen LogP contribution in [0, 0.1) is 0 Å². The van der Waals surface area contributed by atoms with Crippen molar-refractivity contribution in [3.8, 4) is 0 Å². The lowest BCUT2D eigenvalue weighted by Crippen LogP contribution is -2.28. The highest BCUT2D eigenvalue weighted by Gasteiger charge is 2.27. The summed E-state index contributed by atoms with van der Waals surface area (Å²) in [4.78, 5) is 26.8. The standard InChI is InChI=1S/C14H18N6O/c1-3-15-14(21)18-11-8-16-10-6-7-12(19-13(10)17-11)20(2)9-4-5-9/h6-9H,3-5H2,1-2H3,(H2,15,17,18,19,21). The lowest BCUT2D eigenvalue weighted by Gasteiger charge is -2.17. The zero-order valence-corrected chi connectivity index (χ0v) is 12.1. The molecule has 7 nitrogen and oxygen atoms in total.